The second kappa shape index (κ2) is 5.24. The van der Waals surface area contributed by atoms with Crippen molar-refractivity contribution in [2.24, 2.45) is 0 Å². The van der Waals surface area contributed by atoms with Crippen LogP contribution in [0.2, 0.25) is 0 Å². The molecule has 1 amide bonds. The Morgan fingerprint density at radius 2 is 2.00 bits per heavy atom. The largest absolute Gasteiger partial charge is 0.486 e. The van der Waals surface area contributed by atoms with Crippen LogP contribution < -0.4 is 9.47 Å². The summed E-state index contributed by atoms with van der Waals surface area (Å²) in [5.41, 5.74) is 0.419. The number of thioether (sulfide) groups is 1. The van der Waals surface area contributed by atoms with Crippen LogP contribution in [0.3, 0.4) is 0 Å². The van der Waals surface area contributed by atoms with E-state index in [2.05, 4.69) is 0 Å². The van der Waals surface area contributed by atoms with Crippen molar-refractivity contribution in [2.75, 3.05) is 24.8 Å². The van der Waals surface area contributed by atoms with Gasteiger partial charge in [-0.3, -0.25) is 4.79 Å². The van der Waals surface area contributed by atoms with E-state index in [0.29, 0.717) is 41.9 Å². The van der Waals surface area contributed by atoms with Crippen molar-refractivity contribution in [3.05, 3.63) is 23.8 Å². The standard InChI is InChI=1S/C13H13NO5S/c15-12(14-7-20-6-9(14)13(16)17)8-1-2-10-11(5-8)19-4-3-18-10/h1-2,5,9H,3-4,6-7H2,(H,16,17). The summed E-state index contributed by atoms with van der Waals surface area (Å²) in [4.78, 5) is 24.9. The molecule has 7 heteroatoms. The van der Waals surface area contributed by atoms with Crippen LogP contribution in [-0.4, -0.2) is 52.8 Å². The minimum absolute atomic E-state index is 0.292. The van der Waals surface area contributed by atoms with Gasteiger partial charge >= 0.3 is 5.97 Å². The van der Waals surface area contributed by atoms with Gasteiger partial charge < -0.3 is 19.5 Å². The van der Waals surface area contributed by atoms with Crippen molar-refractivity contribution < 1.29 is 24.2 Å². The monoisotopic (exact) mass is 295 g/mol. The molecule has 1 aromatic rings. The Labute approximate surface area is 119 Å². The molecule has 0 spiro atoms. The average Bonchev–Trinajstić information content (AvgIpc) is 2.95. The first kappa shape index (κ1) is 13.1. The van der Waals surface area contributed by atoms with E-state index in [9.17, 15) is 9.59 Å². The normalized spacial score (nSPS) is 20.8. The zero-order chi connectivity index (χ0) is 14.1. The lowest BCUT2D eigenvalue weighted by molar-refractivity contribution is -0.140. The van der Waals surface area contributed by atoms with Gasteiger partial charge in [-0.25, -0.2) is 4.79 Å². The fraction of sp³-hybridized carbons (Fsp3) is 0.385. The molecule has 1 atom stereocenters. The topological polar surface area (TPSA) is 76.1 Å². The van der Waals surface area contributed by atoms with E-state index in [0.717, 1.165) is 0 Å². The number of carboxylic acids is 1. The highest BCUT2D eigenvalue weighted by Gasteiger charge is 2.35. The third-order valence-electron chi connectivity index (χ3n) is 3.22. The first-order chi connectivity index (χ1) is 9.66. The van der Waals surface area contributed by atoms with Crippen LogP contribution in [0, 0.1) is 0 Å². The minimum atomic E-state index is -0.971. The van der Waals surface area contributed by atoms with Crippen LogP contribution >= 0.6 is 11.8 Å². The molecule has 0 aliphatic carbocycles. The molecule has 6 nitrogen and oxygen atoms in total. The summed E-state index contributed by atoms with van der Waals surface area (Å²) in [5, 5.41) is 9.12. The van der Waals surface area contributed by atoms with Crippen molar-refractivity contribution in [1.29, 1.82) is 0 Å². The summed E-state index contributed by atoms with van der Waals surface area (Å²) in [6.45, 7) is 0.937. The van der Waals surface area contributed by atoms with E-state index >= 15 is 0 Å². The maximum Gasteiger partial charge on any atom is 0.327 e. The second-order valence-electron chi connectivity index (χ2n) is 4.49. The first-order valence-corrected chi connectivity index (χ1v) is 7.33. The highest BCUT2D eigenvalue weighted by Crippen LogP contribution is 2.32. The lowest BCUT2D eigenvalue weighted by Gasteiger charge is -2.22. The van der Waals surface area contributed by atoms with E-state index in [4.69, 9.17) is 14.6 Å². The molecule has 1 unspecified atom stereocenters. The predicted molar refractivity (Wildman–Crippen MR) is 72.4 cm³/mol. The zero-order valence-electron chi connectivity index (χ0n) is 10.6. The van der Waals surface area contributed by atoms with Crippen molar-refractivity contribution in [3.63, 3.8) is 0 Å². The Morgan fingerprint density at radius 1 is 1.25 bits per heavy atom. The van der Waals surface area contributed by atoms with E-state index in [1.54, 1.807) is 18.2 Å². The SMILES string of the molecule is O=C(O)C1CSCN1C(=O)c1ccc2c(c1)OCCO2. The minimum Gasteiger partial charge on any atom is -0.486 e. The Bertz CT molecular complexity index is 562. The smallest absolute Gasteiger partial charge is 0.327 e. The van der Waals surface area contributed by atoms with Crippen molar-refractivity contribution in [2.45, 2.75) is 6.04 Å². The van der Waals surface area contributed by atoms with Crippen LogP contribution in [0.1, 0.15) is 10.4 Å². The first-order valence-electron chi connectivity index (χ1n) is 6.18. The van der Waals surface area contributed by atoms with Gasteiger partial charge in [-0.2, -0.15) is 0 Å². The van der Waals surface area contributed by atoms with Crippen molar-refractivity contribution >= 4 is 23.6 Å². The highest BCUT2D eigenvalue weighted by molar-refractivity contribution is 7.99. The van der Waals surface area contributed by atoms with Crippen LogP contribution in [0.4, 0.5) is 0 Å². The predicted octanol–water partition coefficient (Wildman–Crippen LogP) is 1.06. The number of carbonyl (C=O) groups is 2. The molecule has 1 N–H and O–H groups in total. The molecule has 1 fully saturated rings. The van der Waals surface area contributed by atoms with Crippen LogP contribution in [0.15, 0.2) is 18.2 Å². The number of ether oxygens (including phenoxy) is 2. The van der Waals surface area contributed by atoms with Crippen molar-refractivity contribution in [3.8, 4) is 11.5 Å². The summed E-state index contributed by atoms with van der Waals surface area (Å²) >= 11 is 1.44. The molecule has 106 valence electrons. The maximum atomic E-state index is 12.4. The van der Waals surface area contributed by atoms with E-state index in [1.165, 1.54) is 16.7 Å². The average molecular weight is 295 g/mol. The maximum absolute atomic E-state index is 12.4. The fourth-order valence-corrected chi connectivity index (χ4v) is 3.33. The number of rotatable bonds is 2. The number of carbonyl (C=O) groups excluding carboxylic acids is 1. The van der Waals surface area contributed by atoms with Gasteiger partial charge in [0.05, 0.1) is 5.88 Å². The molecule has 0 saturated carbocycles. The molecule has 2 heterocycles. The quantitative estimate of drug-likeness (QED) is 0.879. The summed E-state index contributed by atoms with van der Waals surface area (Å²) in [6.07, 6.45) is 0. The van der Waals surface area contributed by atoms with Gasteiger partial charge in [0.15, 0.2) is 11.5 Å². The Morgan fingerprint density at radius 3 is 2.75 bits per heavy atom. The molecule has 3 rings (SSSR count). The summed E-state index contributed by atoms with van der Waals surface area (Å²) in [6, 6.07) is 4.16. The second-order valence-corrected chi connectivity index (χ2v) is 5.49. The van der Waals surface area contributed by atoms with Gasteiger partial charge in [0.2, 0.25) is 0 Å². The molecule has 0 aromatic heterocycles. The lowest BCUT2D eigenvalue weighted by atomic mass is 10.1. The van der Waals surface area contributed by atoms with Crippen LogP contribution in [-0.2, 0) is 4.79 Å². The summed E-state index contributed by atoms with van der Waals surface area (Å²) < 4.78 is 10.8. The molecule has 20 heavy (non-hydrogen) atoms. The van der Waals surface area contributed by atoms with E-state index < -0.39 is 12.0 Å². The molecule has 0 radical (unpaired) electrons. The number of amides is 1. The number of hydrogen-bond acceptors (Lipinski definition) is 5. The van der Waals surface area contributed by atoms with Gasteiger partial charge in [-0.15, -0.1) is 11.8 Å². The van der Waals surface area contributed by atoms with Gasteiger partial charge in [0.25, 0.3) is 5.91 Å². The van der Waals surface area contributed by atoms with Gasteiger partial charge in [-0.05, 0) is 18.2 Å². The zero-order valence-corrected chi connectivity index (χ0v) is 11.4. The van der Waals surface area contributed by atoms with Crippen LogP contribution in [0.5, 0.6) is 11.5 Å². The van der Waals surface area contributed by atoms with Gasteiger partial charge in [-0.1, -0.05) is 0 Å². The molecule has 1 aromatic carbocycles. The molecular weight excluding hydrogens is 282 g/mol. The number of nitrogens with zero attached hydrogens (tertiary/aromatic N) is 1. The molecular formula is C13H13NO5S. The third-order valence-corrected chi connectivity index (χ3v) is 4.23. The number of aliphatic carboxylic acids is 1. The Kier molecular flexibility index (Phi) is 3.43. The fourth-order valence-electron chi connectivity index (χ4n) is 2.19. The summed E-state index contributed by atoms with van der Waals surface area (Å²) in [5.74, 6) is 0.690. The Balaban J connectivity index is 1.85. The van der Waals surface area contributed by atoms with Crippen LogP contribution in [0.25, 0.3) is 0 Å². The number of carboxylic acid groups (broad SMARTS) is 1. The Hall–Kier alpha value is -1.89. The highest BCUT2D eigenvalue weighted by atomic mass is 32.2. The van der Waals surface area contributed by atoms with Gasteiger partial charge in [0, 0.05) is 11.3 Å². The molecule has 2 aliphatic rings. The lowest BCUT2D eigenvalue weighted by Crippen LogP contribution is -2.41. The molecule has 1 saturated heterocycles. The number of hydrogen-bond donors (Lipinski definition) is 1. The number of fused-ring (bicyclic) bond motifs is 1. The number of benzene rings is 1. The molecule has 0 bridgehead atoms. The van der Waals surface area contributed by atoms with Crippen molar-refractivity contribution in [1.82, 2.24) is 4.90 Å². The molecule has 2 aliphatic heterocycles. The summed E-state index contributed by atoms with van der Waals surface area (Å²) in [7, 11) is 0. The van der Waals surface area contributed by atoms with E-state index in [1.807, 2.05) is 0 Å². The third kappa shape index (κ3) is 2.29. The van der Waals surface area contributed by atoms with E-state index in [-0.39, 0.29) is 5.91 Å². The van der Waals surface area contributed by atoms with Gasteiger partial charge in [0.1, 0.15) is 19.3 Å².